The number of morpholine rings is 1. The number of ether oxygens (including phenoxy) is 6. The predicted molar refractivity (Wildman–Crippen MR) is 122 cm³/mol. The maximum absolute atomic E-state index is 14.1. The Balaban J connectivity index is 2.72. The van der Waals surface area contributed by atoms with Gasteiger partial charge in [-0.1, -0.05) is 0 Å². The van der Waals surface area contributed by atoms with Gasteiger partial charge in [0, 0.05) is 33.9 Å². The van der Waals surface area contributed by atoms with Gasteiger partial charge < -0.3 is 33.7 Å². The Hall–Kier alpha value is -3.54. The number of rotatable bonds is 10. The number of methoxy groups -OCH3 is 1. The van der Waals surface area contributed by atoms with Crippen LogP contribution in [0.2, 0.25) is 0 Å². The van der Waals surface area contributed by atoms with Crippen LogP contribution in [-0.4, -0.2) is 117 Å². The molecule has 13 nitrogen and oxygen atoms in total. The first-order chi connectivity index (χ1) is 19.0. The van der Waals surface area contributed by atoms with Crippen molar-refractivity contribution in [3.63, 3.8) is 0 Å². The summed E-state index contributed by atoms with van der Waals surface area (Å²) in [6.07, 6.45) is -10.9. The van der Waals surface area contributed by atoms with Crippen molar-refractivity contribution in [3.05, 3.63) is 11.8 Å². The van der Waals surface area contributed by atoms with Crippen LogP contribution in [-0.2, 0) is 52.4 Å². The number of hydrogen-bond acceptors (Lipinski definition) is 12. The summed E-state index contributed by atoms with van der Waals surface area (Å²) >= 11 is 0. The Morgan fingerprint density at radius 3 is 2.07 bits per heavy atom. The van der Waals surface area contributed by atoms with Crippen LogP contribution in [0.3, 0.4) is 0 Å². The molecular formula is C23H29F5N2O11. The van der Waals surface area contributed by atoms with E-state index in [9.17, 15) is 45.9 Å². The van der Waals surface area contributed by atoms with Crippen molar-refractivity contribution < 1.29 is 74.3 Å². The molecule has 2 aliphatic heterocycles. The van der Waals surface area contributed by atoms with E-state index < -0.39 is 84.6 Å². The summed E-state index contributed by atoms with van der Waals surface area (Å²) in [7, 11) is 0.967. The minimum absolute atomic E-state index is 0.0590. The zero-order valence-electron chi connectivity index (χ0n) is 22.3. The van der Waals surface area contributed by atoms with E-state index in [2.05, 4.69) is 4.74 Å². The van der Waals surface area contributed by atoms with Gasteiger partial charge >= 0.3 is 41.9 Å². The van der Waals surface area contributed by atoms with Crippen molar-refractivity contribution in [2.45, 2.75) is 63.3 Å². The molecule has 0 saturated carbocycles. The van der Waals surface area contributed by atoms with Gasteiger partial charge in [0.05, 0.1) is 32.4 Å². The number of nitrogens with one attached hydrogen (secondary N) is 1. The van der Waals surface area contributed by atoms with E-state index in [1.165, 1.54) is 4.90 Å². The summed E-state index contributed by atoms with van der Waals surface area (Å²) in [6, 6.07) is -3.24. The standard InChI is InChI=1S/C23H29F5N2O11/c1-11(31)38-10-16(39-12(2)32)18(40-13(3)33)19-17(29-21(35)22(24,25)23(26,27)28)14(30-5-7-37-8-6-30)9-15(41-19)20(34)36-4/h9,14,16-19H,5-8,10H2,1-4H3,(H,29,35)/t14-,16+,17+,18+,19+/m0/s1. The van der Waals surface area contributed by atoms with Gasteiger partial charge in [0.15, 0.2) is 18.3 Å². The third kappa shape index (κ3) is 8.72. The van der Waals surface area contributed by atoms with Gasteiger partial charge in [0.1, 0.15) is 6.61 Å². The fourth-order valence-corrected chi connectivity index (χ4v) is 4.10. The average Bonchev–Trinajstić information content (AvgIpc) is 2.88. The summed E-state index contributed by atoms with van der Waals surface area (Å²) in [5.74, 6) is -13.3. The molecule has 0 bridgehead atoms. The molecule has 0 aromatic heterocycles. The van der Waals surface area contributed by atoms with Crippen molar-refractivity contribution >= 4 is 29.8 Å². The molecule has 0 spiro atoms. The normalized spacial score (nSPS) is 23.1. The summed E-state index contributed by atoms with van der Waals surface area (Å²) in [6.45, 7) is 2.27. The monoisotopic (exact) mass is 604 g/mol. The van der Waals surface area contributed by atoms with E-state index in [1.54, 1.807) is 5.32 Å². The lowest BCUT2D eigenvalue weighted by atomic mass is 9.90. The van der Waals surface area contributed by atoms with Gasteiger partial charge in [-0.2, -0.15) is 22.0 Å². The van der Waals surface area contributed by atoms with E-state index in [1.807, 2.05) is 0 Å². The number of alkyl halides is 5. The third-order valence-electron chi connectivity index (χ3n) is 5.86. The minimum Gasteiger partial charge on any atom is -0.477 e. The van der Waals surface area contributed by atoms with E-state index in [0.29, 0.717) is 0 Å². The number of hydrogen-bond donors (Lipinski definition) is 1. The number of carbonyl (C=O) groups is 5. The van der Waals surface area contributed by atoms with Crippen LogP contribution in [0, 0.1) is 0 Å². The quantitative estimate of drug-likeness (QED) is 0.206. The fourth-order valence-electron chi connectivity index (χ4n) is 4.10. The van der Waals surface area contributed by atoms with E-state index in [0.717, 1.165) is 34.0 Å². The lowest BCUT2D eigenvalue weighted by Crippen LogP contribution is -2.67. The Morgan fingerprint density at radius 2 is 1.59 bits per heavy atom. The van der Waals surface area contributed by atoms with Crippen LogP contribution in [0.25, 0.3) is 0 Å². The molecule has 0 aromatic carbocycles. The first-order valence-electron chi connectivity index (χ1n) is 12.0. The van der Waals surface area contributed by atoms with Crippen LogP contribution >= 0.6 is 0 Å². The van der Waals surface area contributed by atoms with Crippen LogP contribution < -0.4 is 5.32 Å². The highest BCUT2D eigenvalue weighted by Gasteiger charge is 2.64. The molecule has 1 saturated heterocycles. The van der Waals surface area contributed by atoms with Crippen LogP contribution in [0.15, 0.2) is 11.8 Å². The van der Waals surface area contributed by atoms with Crippen molar-refractivity contribution in [3.8, 4) is 0 Å². The van der Waals surface area contributed by atoms with Gasteiger partial charge in [0.2, 0.25) is 5.76 Å². The number of esters is 4. The molecule has 2 rings (SSSR count). The highest BCUT2D eigenvalue weighted by atomic mass is 19.4. The van der Waals surface area contributed by atoms with Crippen LogP contribution in [0.1, 0.15) is 20.8 Å². The molecule has 0 unspecified atom stereocenters. The van der Waals surface area contributed by atoms with Gasteiger partial charge in [0.25, 0.3) is 0 Å². The minimum atomic E-state index is -6.28. The largest absolute Gasteiger partial charge is 0.477 e. The lowest BCUT2D eigenvalue weighted by molar-refractivity contribution is -0.270. The number of nitrogens with zero attached hydrogens (tertiary/aromatic N) is 1. The smallest absolute Gasteiger partial charge is 0.463 e. The van der Waals surface area contributed by atoms with Crippen molar-refractivity contribution in [2.75, 3.05) is 40.0 Å². The topological polar surface area (TPSA) is 156 Å². The highest BCUT2D eigenvalue weighted by molar-refractivity contribution is 5.87. The molecular weight excluding hydrogens is 575 g/mol. The zero-order valence-corrected chi connectivity index (χ0v) is 22.3. The van der Waals surface area contributed by atoms with E-state index >= 15 is 0 Å². The maximum Gasteiger partial charge on any atom is 0.463 e. The van der Waals surface area contributed by atoms with E-state index in [-0.39, 0.29) is 26.3 Å². The van der Waals surface area contributed by atoms with Crippen molar-refractivity contribution in [1.29, 1.82) is 0 Å². The van der Waals surface area contributed by atoms with Gasteiger partial charge in [-0.05, 0) is 6.08 Å². The summed E-state index contributed by atoms with van der Waals surface area (Å²) in [5, 5.41) is 1.61. The number of carbonyl (C=O) groups excluding carboxylic acids is 5. The summed E-state index contributed by atoms with van der Waals surface area (Å²) in [5.41, 5.74) is 0. The second kappa shape index (κ2) is 13.9. The highest BCUT2D eigenvalue weighted by Crippen LogP contribution is 2.37. The van der Waals surface area contributed by atoms with Gasteiger partial charge in [-0.25, -0.2) is 4.79 Å². The predicted octanol–water partition coefficient (Wildman–Crippen LogP) is 0.252. The second-order valence-electron chi connectivity index (χ2n) is 8.84. The Morgan fingerprint density at radius 1 is 1.00 bits per heavy atom. The third-order valence-corrected chi connectivity index (χ3v) is 5.86. The Labute approximate surface area is 230 Å². The maximum atomic E-state index is 14.1. The molecule has 41 heavy (non-hydrogen) atoms. The molecule has 0 aliphatic carbocycles. The Kier molecular flexibility index (Phi) is 11.4. The SMILES string of the molecule is COC(=O)C1=C[C@H](N2CCOCC2)[C@@H](NC(=O)C(F)(F)C(F)(F)F)[C@H]([C@H](OC(C)=O)[C@@H](COC(C)=O)OC(C)=O)O1. The second-order valence-corrected chi connectivity index (χ2v) is 8.84. The lowest BCUT2D eigenvalue weighted by Gasteiger charge is -2.46. The molecule has 1 amide bonds. The molecule has 2 aliphatic rings. The molecule has 1 fully saturated rings. The van der Waals surface area contributed by atoms with Crippen LogP contribution in [0.5, 0.6) is 0 Å². The number of halogens is 5. The summed E-state index contributed by atoms with van der Waals surface area (Å²) < 4.78 is 98.0. The van der Waals surface area contributed by atoms with Crippen LogP contribution in [0.4, 0.5) is 22.0 Å². The summed E-state index contributed by atoms with van der Waals surface area (Å²) in [4.78, 5) is 61.8. The van der Waals surface area contributed by atoms with Crippen molar-refractivity contribution in [1.82, 2.24) is 10.2 Å². The molecule has 1 N–H and O–H groups in total. The molecule has 0 radical (unpaired) electrons. The molecule has 5 atom stereocenters. The van der Waals surface area contributed by atoms with Crippen molar-refractivity contribution in [2.24, 2.45) is 0 Å². The zero-order chi connectivity index (χ0) is 31.1. The first kappa shape index (κ1) is 33.7. The first-order valence-corrected chi connectivity index (χ1v) is 12.0. The Bertz CT molecular complexity index is 1030. The molecule has 232 valence electrons. The fraction of sp³-hybridized carbons (Fsp3) is 0.696. The van der Waals surface area contributed by atoms with Gasteiger partial charge in [-0.15, -0.1) is 0 Å². The van der Waals surface area contributed by atoms with E-state index in [4.69, 9.17) is 23.7 Å². The average molecular weight is 604 g/mol. The van der Waals surface area contributed by atoms with Gasteiger partial charge in [-0.3, -0.25) is 24.1 Å². The molecule has 0 aromatic rings. The molecule has 2 heterocycles. The molecule has 18 heteroatoms. The number of amides is 1.